The van der Waals surface area contributed by atoms with Gasteiger partial charge in [0, 0.05) is 18.1 Å². The summed E-state index contributed by atoms with van der Waals surface area (Å²) in [7, 11) is 3.20. The van der Waals surface area contributed by atoms with Gasteiger partial charge in [0.25, 0.3) is 5.91 Å². The van der Waals surface area contributed by atoms with Gasteiger partial charge in [-0.25, -0.2) is 0 Å². The van der Waals surface area contributed by atoms with Gasteiger partial charge in [-0.15, -0.1) is 0 Å². The highest BCUT2D eigenvalue weighted by Gasteiger charge is 2.08. The van der Waals surface area contributed by atoms with E-state index in [4.69, 9.17) is 14.2 Å². The Morgan fingerprint density at radius 1 is 1.00 bits per heavy atom. The molecule has 0 unspecified atom stereocenters. The summed E-state index contributed by atoms with van der Waals surface area (Å²) >= 11 is 0. The minimum atomic E-state index is -0.177. The number of amides is 1. The van der Waals surface area contributed by atoms with Crippen LogP contribution in [0.5, 0.6) is 17.2 Å². The minimum absolute atomic E-state index is 0.0539. The van der Waals surface area contributed by atoms with Crippen LogP contribution in [-0.4, -0.2) is 38.3 Å². The molecule has 0 bridgehead atoms. The molecule has 1 amide bonds. The van der Waals surface area contributed by atoms with Gasteiger partial charge >= 0.3 is 0 Å². The molecule has 2 aromatic carbocycles. The zero-order valence-corrected chi connectivity index (χ0v) is 15.4. The van der Waals surface area contributed by atoms with Crippen LogP contribution in [-0.2, 0) is 11.2 Å². The van der Waals surface area contributed by atoms with Crippen LogP contribution in [0.3, 0.4) is 0 Å². The second-order valence-electron chi connectivity index (χ2n) is 5.91. The van der Waals surface area contributed by atoms with Gasteiger partial charge < -0.3 is 19.5 Å². The average molecular weight is 366 g/mol. The lowest BCUT2D eigenvalue weighted by Crippen LogP contribution is -2.30. The molecular weight excluding hydrogens is 344 g/mol. The van der Waals surface area contributed by atoms with Gasteiger partial charge in [0.1, 0.15) is 11.3 Å². The van der Waals surface area contributed by atoms with Crippen molar-refractivity contribution in [2.45, 2.75) is 6.42 Å². The number of rotatable bonds is 8. The quantitative estimate of drug-likeness (QED) is 0.664. The van der Waals surface area contributed by atoms with E-state index in [9.17, 15) is 4.79 Å². The van der Waals surface area contributed by atoms with Crippen LogP contribution in [0.2, 0.25) is 0 Å². The average Bonchev–Trinajstić information content (AvgIpc) is 2.72. The maximum Gasteiger partial charge on any atom is 0.257 e. The maximum atomic E-state index is 12.1. The Morgan fingerprint density at radius 3 is 2.63 bits per heavy atom. The minimum Gasteiger partial charge on any atom is -0.493 e. The summed E-state index contributed by atoms with van der Waals surface area (Å²) in [6, 6.07) is 15.2. The Morgan fingerprint density at radius 2 is 1.81 bits per heavy atom. The Bertz CT molecular complexity index is 922. The number of nitrogens with zero attached hydrogens (tertiary/aromatic N) is 1. The Kier molecular flexibility index (Phi) is 6.10. The van der Waals surface area contributed by atoms with E-state index in [0.29, 0.717) is 30.2 Å². The highest BCUT2D eigenvalue weighted by Crippen LogP contribution is 2.27. The lowest BCUT2D eigenvalue weighted by molar-refractivity contribution is -0.123. The summed E-state index contributed by atoms with van der Waals surface area (Å²) in [5.41, 5.74) is 1.80. The molecule has 6 nitrogen and oxygen atoms in total. The van der Waals surface area contributed by atoms with Gasteiger partial charge in [-0.3, -0.25) is 9.78 Å². The predicted octanol–water partition coefficient (Wildman–Crippen LogP) is 2.99. The van der Waals surface area contributed by atoms with Crippen molar-refractivity contribution >= 4 is 16.8 Å². The first-order valence-corrected chi connectivity index (χ1v) is 8.65. The third-order valence-corrected chi connectivity index (χ3v) is 4.14. The van der Waals surface area contributed by atoms with Gasteiger partial charge in [-0.1, -0.05) is 24.3 Å². The molecule has 27 heavy (non-hydrogen) atoms. The van der Waals surface area contributed by atoms with E-state index in [0.717, 1.165) is 16.5 Å². The number of fused-ring (bicyclic) bond motifs is 1. The number of hydrogen-bond donors (Lipinski definition) is 1. The van der Waals surface area contributed by atoms with Crippen LogP contribution in [0.1, 0.15) is 5.56 Å². The second-order valence-corrected chi connectivity index (χ2v) is 5.91. The molecule has 0 aliphatic carbocycles. The molecular formula is C21H22N2O4. The van der Waals surface area contributed by atoms with Crippen molar-refractivity contribution in [1.29, 1.82) is 0 Å². The molecule has 6 heteroatoms. The van der Waals surface area contributed by atoms with Crippen molar-refractivity contribution in [3.8, 4) is 17.2 Å². The SMILES string of the molecule is COc1ccc(CCNC(=O)COc2cccc3cccnc23)cc1OC. The number of pyridine rings is 1. The molecule has 1 heterocycles. The molecule has 0 atom stereocenters. The molecule has 0 aliphatic heterocycles. The summed E-state index contributed by atoms with van der Waals surface area (Å²) in [5.74, 6) is 1.78. The third kappa shape index (κ3) is 4.67. The molecule has 0 radical (unpaired) electrons. The molecule has 0 fully saturated rings. The predicted molar refractivity (Wildman–Crippen MR) is 103 cm³/mol. The number of carbonyl (C=O) groups is 1. The molecule has 0 spiro atoms. The van der Waals surface area contributed by atoms with Gasteiger partial charge in [-0.05, 0) is 36.2 Å². The largest absolute Gasteiger partial charge is 0.493 e. The third-order valence-electron chi connectivity index (χ3n) is 4.14. The van der Waals surface area contributed by atoms with Crippen molar-refractivity contribution in [2.24, 2.45) is 0 Å². The van der Waals surface area contributed by atoms with E-state index in [1.807, 2.05) is 48.5 Å². The van der Waals surface area contributed by atoms with Crippen LogP contribution in [0.4, 0.5) is 0 Å². The molecule has 1 N–H and O–H groups in total. The van der Waals surface area contributed by atoms with Crippen molar-refractivity contribution in [1.82, 2.24) is 10.3 Å². The fraction of sp³-hybridized carbons (Fsp3) is 0.238. The molecule has 0 aliphatic rings. The van der Waals surface area contributed by atoms with Gasteiger partial charge in [0.2, 0.25) is 0 Å². The van der Waals surface area contributed by atoms with Crippen molar-refractivity contribution in [2.75, 3.05) is 27.4 Å². The number of carbonyl (C=O) groups excluding carboxylic acids is 1. The zero-order valence-electron chi connectivity index (χ0n) is 15.4. The lowest BCUT2D eigenvalue weighted by Gasteiger charge is -2.11. The molecule has 140 valence electrons. The first kappa shape index (κ1) is 18.5. The lowest BCUT2D eigenvalue weighted by atomic mass is 10.1. The molecule has 3 aromatic rings. The summed E-state index contributed by atoms with van der Waals surface area (Å²) < 4.78 is 16.2. The number of aromatic nitrogens is 1. The van der Waals surface area contributed by atoms with E-state index < -0.39 is 0 Å². The Hall–Kier alpha value is -3.28. The van der Waals surface area contributed by atoms with Crippen molar-refractivity contribution in [3.63, 3.8) is 0 Å². The summed E-state index contributed by atoms with van der Waals surface area (Å²) in [6.07, 6.45) is 2.39. The number of nitrogens with one attached hydrogen (secondary N) is 1. The van der Waals surface area contributed by atoms with E-state index in [1.54, 1.807) is 20.4 Å². The summed E-state index contributed by atoms with van der Waals surface area (Å²) in [6.45, 7) is 0.451. The standard InChI is InChI=1S/C21H22N2O4/c1-25-17-9-8-15(13-19(17)26-2)10-12-22-20(24)14-27-18-7-3-5-16-6-4-11-23-21(16)18/h3-9,11,13H,10,12,14H2,1-2H3,(H,22,24). The van der Waals surface area contributed by atoms with Crippen LogP contribution in [0.15, 0.2) is 54.7 Å². The highest BCUT2D eigenvalue weighted by molar-refractivity contribution is 5.85. The smallest absolute Gasteiger partial charge is 0.257 e. The topological polar surface area (TPSA) is 69.7 Å². The van der Waals surface area contributed by atoms with Crippen LogP contribution in [0, 0.1) is 0 Å². The fourth-order valence-electron chi connectivity index (χ4n) is 2.77. The first-order chi connectivity index (χ1) is 13.2. The van der Waals surface area contributed by atoms with Crippen molar-refractivity contribution in [3.05, 3.63) is 60.3 Å². The Balaban J connectivity index is 1.50. The monoisotopic (exact) mass is 366 g/mol. The molecule has 1 aromatic heterocycles. The fourth-order valence-corrected chi connectivity index (χ4v) is 2.77. The zero-order chi connectivity index (χ0) is 19.1. The van der Waals surface area contributed by atoms with E-state index in [-0.39, 0.29) is 12.5 Å². The van der Waals surface area contributed by atoms with E-state index in [1.165, 1.54) is 0 Å². The first-order valence-electron chi connectivity index (χ1n) is 8.65. The summed E-state index contributed by atoms with van der Waals surface area (Å²) in [5, 5.41) is 3.83. The second kappa shape index (κ2) is 8.89. The van der Waals surface area contributed by atoms with Gasteiger partial charge in [0.15, 0.2) is 18.1 Å². The van der Waals surface area contributed by atoms with Gasteiger partial charge in [0.05, 0.1) is 14.2 Å². The number of hydrogen-bond acceptors (Lipinski definition) is 5. The highest BCUT2D eigenvalue weighted by atomic mass is 16.5. The molecule has 3 rings (SSSR count). The summed E-state index contributed by atoms with van der Waals surface area (Å²) in [4.78, 5) is 16.4. The van der Waals surface area contributed by atoms with Gasteiger partial charge in [-0.2, -0.15) is 0 Å². The van der Waals surface area contributed by atoms with Crippen LogP contribution >= 0.6 is 0 Å². The number of para-hydroxylation sites is 1. The van der Waals surface area contributed by atoms with Crippen molar-refractivity contribution < 1.29 is 19.0 Å². The van der Waals surface area contributed by atoms with E-state index in [2.05, 4.69) is 10.3 Å². The van der Waals surface area contributed by atoms with Crippen LogP contribution < -0.4 is 19.5 Å². The molecule has 0 saturated heterocycles. The Labute approximate surface area is 158 Å². The number of ether oxygens (including phenoxy) is 3. The number of methoxy groups -OCH3 is 2. The molecule has 0 saturated carbocycles. The normalized spacial score (nSPS) is 10.4. The van der Waals surface area contributed by atoms with Crippen LogP contribution in [0.25, 0.3) is 10.9 Å². The van der Waals surface area contributed by atoms with E-state index >= 15 is 0 Å². The maximum absolute atomic E-state index is 12.1. The number of benzene rings is 2.